The van der Waals surface area contributed by atoms with Crippen molar-refractivity contribution in [1.82, 2.24) is 0 Å². The maximum atomic E-state index is 11.7. The third kappa shape index (κ3) is 2.49. The van der Waals surface area contributed by atoms with Gasteiger partial charge in [0.15, 0.2) is 5.78 Å². The van der Waals surface area contributed by atoms with Gasteiger partial charge in [-0.1, -0.05) is 11.6 Å². The lowest BCUT2D eigenvalue weighted by Gasteiger charge is -2.36. The zero-order chi connectivity index (χ0) is 13.1. The molecule has 0 aliphatic carbocycles. The van der Waals surface area contributed by atoms with Crippen LogP contribution in [-0.2, 0) is 4.79 Å². The Morgan fingerprint density at radius 3 is 2.94 bits per heavy atom. The fourth-order valence-electron chi connectivity index (χ4n) is 2.48. The number of nitriles is 1. The summed E-state index contributed by atoms with van der Waals surface area (Å²) in [5, 5.41) is 9.75. The van der Waals surface area contributed by atoms with Crippen molar-refractivity contribution in [1.29, 1.82) is 5.26 Å². The molecule has 1 heterocycles. The molecule has 0 spiro atoms. The van der Waals surface area contributed by atoms with Gasteiger partial charge < -0.3 is 4.90 Å². The molecule has 1 atom stereocenters. The fourth-order valence-corrected chi connectivity index (χ4v) is 2.65. The van der Waals surface area contributed by atoms with E-state index in [1.165, 1.54) is 0 Å². The van der Waals surface area contributed by atoms with Gasteiger partial charge in [0.2, 0.25) is 0 Å². The highest BCUT2D eigenvalue weighted by atomic mass is 35.5. The molecule has 1 saturated heterocycles. The largest absolute Gasteiger partial charge is 0.360 e. The molecule has 0 amide bonds. The van der Waals surface area contributed by atoms with Gasteiger partial charge in [0.1, 0.15) is 6.07 Å². The van der Waals surface area contributed by atoms with Gasteiger partial charge in [-0.15, -0.1) is 0 Å². The standard InChI is InChI=1S/C14H15ClN2O/c1-10(18)13-4-2-3-7-17(13)14-8-12(15)6-5-11(14)9-16/h5-6,8,13H,2-4,7H2,1H3. The van der Waals surface area contributed by atoms with Crippen LogP contribution in [0.2, 0.25) is 5.02 Å². The fraction of sp³-hybridized carbons (Fsp3) is 0.429. The number of piperidine rings is 1. The number of carbonyl (C=O) groups is 1. The van der Waals surface area contributed by atoms with Crippen molar-refractivity contribution in [2.75, 3.05) is 11.4 Å². The lowest BCUT2D eigenvalue weighted by molar-refractivity contribution is -0.118. The molecular formula is C14H15ClN2O. The number of rotatable bonds is 2. The Morgan fingerprint density at radius 2 is 2.28 bits per heavy atom. The average Bonchev–Trinajstić information content (AvgIpc) is 2.38. The number of halogens is 1. The molecule has 0 bridgehead atoms. The van der Waals surface area contributed by atoms with Crippen LogP contribution in [0.25, 0.3) is 0 Å². The Labute approximate surface area is 112 Å². The summed E-state index contributed by atoms with van der Waals surface area (Å²) in [5.74, 6) is 0.151. The summed E-state index contributed by atoms with van der Waals surface area (Å²) in [4.78, 5) is 13.7. The summed E-state index contributed by atoms with van der Waals surface area (Å²) in [6.07, 6.45) is 2.96. The SMILES string of the molecule is CC(=O)C1CCCCN1c1cc(Cl)ccc1C#N. The number of ketones is 1. The van der Waals surface area contributed by atoms with E-state index in [9.17, 15) is 4.79 Å². The summed E-state index contributed by atoms with van der Waals surface area (Å²) in [6, 6.07) is 7.24. The van der Waals surface area contributed by atoms with Crippen LogP contribution in [0.4, 0.5) is 5.69 Å². The van der Waals surface area contributed by atoms with Crippen molar-refractivity contribution in [3.63, 3.8) is 0 Å². The molecular weight excluding hydrogens is 248 g/mol. The molecule has 1 aromatic rings. The van der Waals surface area contributed by atoms with Gasteiger partial charge in [-0.3, -0.25) is 4.79 Å². The Balaban J connectivity index is 2.42. The Kier molecular flexibility index (Phi) is 3.88. The number of Topliss-reactive ketones (excluding diaryl/α,β-unsaturated/α-hetero) is 1. The molecule has 4 heteroatoms. The van der Waals surface area contributed by atoms with Gasteiger partial charge >= 0.3 is 0 Å². The minimum Gasteiger partial charge on any atom is -0.360 e. The van der Waals surface area contributed by atoms with Crippen LogP contribution in [0.15, 0.2) is 18.2 Å². The van der Waals surface area contributed by atoms with Crippen molar-refractivity contribution in [3.05, 3.63) is 28.8 Å². The molecule has 1 aromatic carbocycles. The minimum atomic E-state index is -0.121. The van der Waals surface area contributed by atoms with E-state index < -0.39 is 0 Å². The van der Waals surface area contributed by atoms with Gasteiger partial charge in [0.25, 0.3) is 0 Å². The minimum absolute atomic E-state index is 0.121. The topological polar surface area (TPSA) is 44.1 Å². The Hall–Kier alpha value is -1.53. The molecule has 1 aliphatic rings. The molecule has 1 fully saturated rings. The maximum absolute atomic E-state index is 11.7. The number of benzene rings is 1. The highest BCUT2D eigenvalue weighted by Crippen LogP contribution is 2.30. The molecule has 0 aromatic heterocycles. The van der Waals surface area contributed by atoms with E-state index in [0.29, 0.717) is 10.6 Å². The van der Waals surface area contributed by atoms with Crippen molar-refractivity contribution in [2.24, 2.45) is 0 Å². The zero-order valence-corrected chi connectivity index (χ0v) is 11.1. The molecule has 1 aliphatic heterocycles. The third-order valence-electron chi connectivity index (χ3n) is 3.36. The number of nitrogens with zero attached hydrogens (tertiary/aromatic N) is 2. The van der Waals surface area contributed by atoms with Crippen LogP contribution >= 0.6 is 11.6 Å². The predicted octanol–water partition coefficient (Wildman–Crippen LogP) is 3.16. The summed E-state index contributed by atoms with van der Waals surface area (Å²) >= 11 is 6.00. The van der Waals surface area contributed by atoms with Crippen LogP contribution in [0.5, 0.6) is 0 Å². The lowest BCUT2D eigenvalue weighted by atomic mass is 9.97. The third-order valence-corrected chi connectivity index (χ3v) is 3.60. The van der Waals surface area contributed by atoms with Crippen LogP contribution in [0.1, 0.15) is 31.7 Å². The second-order valence-corrected chi connectivity index (χ2v) is 5.03. The van der Waals surface area contributed by atoms with Crippen molar-refractivity contribution in [2.45, 2.75) is 32.2 Å². The summed E-state index contributed by atoms with van der Waals surface area (Å²) in [6.45, 7) is 2.42. The molecule has 2 rings (SSSR count). The first-order valence-corrected chi connectivity index (χ1v) is 6.48. The second-order valence-electron chi connectivity index (χ2n) is 4.59. The summed E-state index contributed by atoms with van der Waals surface area (Å²) in [7, 11) is 0. The maximum Gasteiger partial charge on any atom is 0.152 e. The van der Waals surface area contributed by atoms with E-state index in [4.69, 9.17) is 16.9 Å². The molecule has 18 heavy (non-hydrogen) atoms. The molecule has 0 radical (unpaired) electrons. The summed E-state index contributed by atoms with van der Waals surface area (Å²) in [5.41, 5.74) is 1.36. The summed E-state index contributed by atoms with van der Waals surface area (Å²) < 4.78 is 0. The Bertz CT molecular complexity index is 507. The van der Waals surface area contributed by atoms with E-state index in [1.807, 2.05) is 4.90 Å². The molecule has 0 saturated carbocycles. The van der Waals surface area contributed by atoms with E-state index >= 15 is 0 Å². The second kappa shape index (κ2) is 5.41. The average molecular weight is 263 g/mol. The lowest BCUT2D eigenvalue weighted by Crippen LogP contribution is -2.44. The molecule has 3 nitrogen and oxygen atoms in total. The van der Waals surface area contributed by atoms with Gasteiger partial charge in [-0.25, -0.2) is 0 Å². The van der Waals surface area contributed by atoms with E-state index in [1.54, 1.807) is 25.1 Å². The van der Waals surface area contributed by atoms with Gasteiger partial charge in [-0.2, -0.15) is 5.26 Å². The quantitative estimate of drug-likeness (QED) is 0.822. The molecule has 1 unspecified atom stereocenters. The molecule has 94 valence electrons. The van der Waals surface area contributed by atoms with E-state index in [-0.39, 0.29) is 11.8 Å². The first-order valence-electron chi connectivity index (χ1n) is 6.10. The van der Waals surface area contributed by atoms with Crippen LogP contribution in [0, 0.1) is 11.3 Å². The number of carbonyl (C=O) groups excluding carboxylic acids is 1. The number of hydrogen-bond acceptors (Lipinski definition) is 3. The van der Waals surface area contributed by atoms with Crippen molar-refractivity contribution < 1.29 is 4.79 Å². The van der Waals surface area contributed by atoms with Crippen LogP contribution in [-0.4, -0.2) is 18.4 Å². The van der Waals surface area contributed by atoms with Gasteiger partial charge in [-0.05, 0) is 44.4 Å². The van der Waals surface area contributed by atoms with Crippen molar-refractivity contribution >= 4 is 23.1 Å². The number of hydrogen-bond donors (Lipinski definition) is 0. The van der Waals surface area contributed by atoms with Crippen molar-refractivity contribution in [3.8, 4) is 6.07 Å². The Morgan fingerprint density at radius 1 is 1.50 bits per heavy atom. The van der Waals surface area contributed by atoms with E-state index in [2.05, 4.69) is 6.07 Å². The number of anilines is 1. The smallest absolute Gasteiger partial charge is 0.152 e. The van der Waals surface area contributed by atoms with Gasteiger partial charge in [0.05, 0.1) is 17.3 Å². The molecule has 0 N–H and O–H groups in total. The van der Waals surface area contributed by atoms with Gasteiger partial charge in [0, 0.05) is 11.6 Å². The highest BCUT2D eigenvalue weighted by Gasteiger charge is 2.27. The highest BCUT2D eigenvalue weighted by molar-refractivity contribution is 6.30. The monoisotopic (exact) mass is 262 g/mol. The van der Waals surface area contributed by atoms with Crippen LogP contribution in [0.3, 0.4) is 0 Å². The van der Waals surface area contributed by atoms with E-state index in [0.717, 1.165) is 31.5 Å². The predicted molar refractivity (Wildman–Crippen MR) is 71.8 cm³/mol. The normalized spacial score (nSPS) is 19.4. The first-order chi connectivity index (χ1) is 8.63. The first kappa shape index (κ1) is 12.9. The van der Waals surface area contributed by atoms with Crippen LogP contribution < -0.4 is 4.90 Å². The zero-order valence-electron chi connectivity index (χ0n) is 10.3.